The van der Waals surface area contributed by atoms with Crippen LogP contribution in [0.25, 0.3) is 0 Å². The number of sulfonamides is 1. The van der Waals surface area contributed by atoms with Gasteiger partial charge < -0.3 is 10.2 Å². The van der Waals surface area contributed by atoms with Crippen LogP contribution in [-0.2, 0) is 32.6 Å². The van der Waals surface area contributed by atoms with Crippen molar-refractivity contribution in [2.24, 2.45) is 0 Å². The molecule has 7 nitrogen and oxygen atoms in total. The monoisotopic (exact) mass is 583 g/mol. The van der Waals surface area contributed by atoms with E-state index in [9.17, 15) is 18.0 Å². The van der Waals surface area contributed by atoms with Crippen molar-refractivity contribution >= 4 is 39.1 Å². The summed E-state index contributed by atoms with van der Waals surface area (Å²) in [7, 11) is -3.87. The predicted octanol–water partition coefficient (Wildman–Crippen LogP) is 5.28. The zero-order valence-electron chi connectivity index (χ0n) is 23.7. The normalized spacial score (nSPS) is 12.8. The maximum Gasteiger partial charge on any atom is 0.244 e. The van der Waals surface area contributed by atoms with E-state index in [0.29, 0.717) is 16.3 Å². The first-order valence-electron chi connectivity index (χ1n) is 13.3. The molecule has 40 heavy (non-hydrogen) atoms. The van der Waals surface area contributed by atoms with Gasteiger partial charge in [-0.15, -0.1) is 0 Å². The van der Waals surface area contributed by atoms with Crippen molar-refractivity contribution in [3.63, 3.8) is 0 Å². The summed E-state index contributed by atoms with van der Waals surface area (Å²) in [6.07, 6.45) is 2.06. The molecule has 0 aliphatic rings. The van der Waals surface area contributed by atoms with E-state index < -0.39 is 28.5 Å². The number of benzene rings is 3. The van der Waals surface area contributed by atoms with E-state index in [1.165, 1.54) is 11.0 Å². The van der Waals surface area contributed by atoms with E-state index in [0.717, 1.165) is 33.7 Å². The highest BCUT2D eigenvalue weighted by molar-refractivity contribution is 7.92. The summed E-state index contributed by atoms with van der Waals surface area (Å²) in [6.45, 7) is 7.26. The Bertz CT molecular complexity index is 1430. The standard InChI is InChI=1S/C31H38ClN3O4S/c1-6-24(4)33-31(37)29(18-25-13-8-7-9-14-25)34(20-26-15-11-10-12-22(26)2)30(36)21-35(40(5,38)39)28-19-27(32)17-16-23(28)3/h7-17,19,24,29H,6,18,20-21H2,1-5H3,(H,33,37)/t24-,29+/m0/s1. The Kier molecular flexibility index (Phi) is 10.8. The first-order chi connectivity index (χ1) is 18.9. The lowest BCUT2D eigenvalue weighted by Gasteiger charge is -2.34. The van der Waals surface area contributed by atoms with Crippen molar-refractivity contribution in [2.45, 2.75) is 59.2 Å². The molecule has 0 aromatic heterocycles. The molecule has 3 aromatic carbocycles. The van der Waals surface area contributed by atoms with Crippen molar-refractivity contribution in [3.05, 3.63) is 100 Å². The Morgan fingerprint density at radius 2 is 1.60 bits per heavy atom. The molecular weight excluding hydrogens is 546 g/mol. The quantitative estimate of drug-likeness (QED) is 0.314. The largest absolute Gasteiger partial charge is 0.352 e. The van der Waals surface area contributed by atoms with Crippen LogP contribution in [0.1, 0.15) is 42.5 Å². The number of hydrogen-bond acceptors (Lipinski definition) is 4. The minimum atomic E-state index is -3.87. The van der Waals surface area contributed by atoms with Crippen molar-refractivity contribution in [1.82, 2.24) is 10.2 Å². The molecule has 9 heteroatoms. The van der Waals surface area contributed by atoms with E-state index >= 15 is 0 Å². The molecule has 0 aliphatic carbocycles. The van der Waals surface area contributed by atoms with Crippen molar-refractivity contribution in [2.75, 3.05) is 17.1 Å². The zero-order chi connectivity index (χ0) is 29.4. The summed E-state index contributed by atoms with van der Waals surface area (Å²) >= 11 is 6.21. The van der Waals surface area contributed by atoms with Gasteiger partial charge in [-0.3, -0.25) is 13.9 Å². The second-order valence-corrected chi connectivity index (χ2v) is 12.5. The van der Waals surface area contributed by atoms with Crippen LogP contribution in [0.2, 0.25) is 5.02 Å². The van der Waals surface area contributed by atoms with Gasteiger partial charge in [-0.2, -0.15) is 0 Å². The lowest BCUT2D eigenvalue weighted by atomic mass is 10.0. The molecule has 0 bridgehead atoms. The Hall–Kier alpha value is -3.36. The van der Waals surface area contributed by atoms with E-state index in [1.54, 1.807) is 19.1 Å². The maximum absolute atomic E-state index is 14.2. The van der Waals surface area contributed by atoms with E-state index in [4.69, 9.17) is 11.6 Å². The highest BCUT2D eigenvalue weighted by atomic mass is 35.5. The number of aryl methyl sites for hydroxylation is 2. The minimum Gasteiger partial charge on any atom is -0.352 e. The minimum absolute atomic E-state index is 0.0946. The van der Waals surface area contributed by atoms with Crippen molar-refractivity contribution < 1.29 is 18.0 Å². The lowest BCUT2D eigenvalue weighted by Crippen LogP contribution is -2.54. The van der Waals surface area contributed by atoms with E-state index in [1.807, 2.05) is 75.4 Å². The molecule has 1 N–H and O–H groups in total. The van der Waals surface area contributed by atoms with Crippen LogP contribution in [0.4, 0.5) is 5.69 Å². The second-order valence-electron chi connectivity index (χ2n) is 10.2. The van der Waals surface area contributed by atoms with Crippen LogP contribution in [0.15, 0.2) is 72.8 Å². The molecule has 2 amide bonds. The van der Waals surface area contributed by atoms with Gasteiger partial charge in [0.15, 0.2) is 0 Å². The fourth-order valence-corrected chi connectivity index (χ4v) is 5.48. The SMILES string of the molecule is CC[C@H](C)NC(=O)[C@@H](Cc1ccccc1)N(Cc1ccccc1C)C(=O)CN(c1cc(Cl)ccc1C)S(C)(=O)=O. The molecular formula is C31H38ClN3O4S. The summed E-state index contributed by atoms with van der Waals surface area (Å²) in [6, 6.07) is 21.1. The second kappa shape index (κ2) is 13.8. The molecule has 3 aromatic rings. The molecule has 0 fully saturated rings. The van der Waals surface area contributed by atoms with Gasteiger partial charge in [0.2, 0.25) is 21.8 Å². The van der Waals surface area contributed by atoms with Crippen LogP contribution in [0, 0.1) is 13.8 Å². The Labute approximate surface area is 243 Å². The molecule has 0 radical (unpaired) electrons. The van der Waals surface area contributed by atoms with Gasteiger partial charge in [0.1, 0.15) is 12.6 Å². The lowest BCUT2D eigenvalue weighted by molar-refractivity contribution is -0.140. The van der Waals surface area contributed by atoms with Gasteiger partial charge in [-0.05, 0) is 61.6 Å². The van der Waals surface area contributed by atoms with Gasteiger partial charge in [0.05, 0.1) is 11.9 Å². The number of halogens is 1. The van der Waals surface area contributed by atoms with Crippen LogP contribution < -0.4 is 9.62 Å². The molecule has 3 rings (SSSR count). The molecule has 0 unspecified atom stereocenters. The average Bonchev–Trinajstić information content (AvgIpc) is 2.91. The Morgan fingerprint density at radius 1 is 0.950 bits per heavy atom. The number of amides is 2. The smallest absolute Gasteiger partial charge is 0.244 e. The van der Waals surface area contributed by atoms with Crippen molar-refractivity contribution in [3.8, 4) is 0 Å². The zero-order valence-corrected chi connectivity index (χ0v) is 25.3. The molecule has 0 aliphatic heterocycles. The van der Waals surface area contributed by atoms with Crippen LogP contribution >= 0.6 is 11.6 Å². The first-order valence-corrected chi connectivity index (χ1v) is 15.6. The molecule has 0 saturated carbocycles. The topological polar surface area (TPSA) is 86.8 Å². The summed E-state index contributed by atoms with van der Waals surface area (Å²) in [5.74, 6) is -0.779. The number of hydrogen-bond donors (Lipinski definition) is 1. The molecule has 0 saturated heterocycles. The summed E-state index contributed by atoms with van der Waals surface area (Å²) in [5.41, 5.74) is 3.70. The fourth-order valence-electron chi connectivity index (χ4n) is 4.41. The van der Waals surface area contributed by atoms with Gasteiger partial charge in [-0.25, -0.2) is 8.42 Å². The van der Waals surface area contributed by atoms with E-state index in [-0.39, 0.29) is 24.9 Å². The number of rotatable bonds is 12. The van der Waals surface area contributed by atoms with E-state index in [2.05, 4.69) is 5.32 Å². The van der Waals surface area contributed by atoms with Crippen LogP contribution in [-0.4, -0.2) is 50.0 Å². The fraction of sp³-hybridized carbons (Fsp3) is 0.355. The number of nitrogens with one attached hydrogen (secondary N) is 1. The third kappa shape index (κ3) is 8.32. The van der Waals surface area contributed by atoms with Gasteiger partial charge in [0, 0.05) is 24.0 Å². The average molecular weight is 584 g/mol. The molecule has 214 valence electrons. The van der Waals surface area contributed by atoms with Crippen LogP contribution in [0.5, 0.6) is 0 Å². The molecule has 0 spiro atoms. The van der Waals surface area contributed by atoms with Crippen LogP contribution in [0.3, 0.4) is 0 Å². The Balaban J connectivity index is 2.10. The Morgan fingerprint density at radius 3 is 2.23 bits per heavy atom. The van der Waals surface area contributed by atoms with Gasteiger partial charge in [0.25, 0.3) is 0 Å². The van der Waals surface area contributed by atoms with Crippen molar-refractivity contribution in [1.29, 1.82) is 0 Å². The highest BCUT2D eigenvalue weighted by Crippen LogP contribution is 2.27. The predicted molar refractivity (Wildman–Crippen MR) is 162 cm³/mol. The maximum atomic E-state index is 14.2. The number of carbonyl (C=O) groups excluding carboxylic acids is 2. The third-order valence-electron chi connectivity index (χ3n) is 6.99. The van der Waals surface area contributed by atoms with Gasteiger partial charge in [-0.1, -0.05) is 79.2 Å². The summed E-state index contributed by atoms with van der Waals surface area (Å²) in [4.78, 5) is 29.4. The van der Waals surface area contributed by atoms with Gasteiger partial charge >= 0.3 is 0 Å². The highest BCUT2D eigenvalue weighted by Gasteiger charge is 2.34. The number of anilines is 1. The summed E-state index contributed by atoms with van der Waals surface area (Å²) in [5, 5.41) is 3.39. The third-order valence-corrected chi connectivity index (χ3v) is 8.35. The number of nitrogens with zero attached hydrogens (tertiary/aromatic N) is 2. The number of carbonyl (C=O) groups is 2. The molecule has 0 heterocycles. The molecule has 2 atom stereocenters. The summed E-state index contributed by atoms with van der Waals surface area (Å²) < 4.78 is 27.0. The first kappa shape index (κ1) is 31.2.